The zero-order chi connectivity index (χ0) is 14.0. The molecule has 1 aromatic heterocycles. The van der Waals surface area contributed by atoms with Crippen LogP contribution in [0.25, 0.3) is 0 Å². The van der Waals surface area contributed by atoms with Gasteiger partial charge in [-0.2, -0.15) is 11.8 Å². The summed E-state index contributed by atoms with van der Waals surface area (Å²) in [4.78, 5) is 1.31. The zero-order valence-corrected chi connectivity index (χ0v) is 14.3. The fourth-order valence-electron chi connectivity index (χ4n) is 3.43. The average molecular weight is 332 g/mol. The van der Waals surface area contributed by atoms with Crippen molar-refractivity contribution in [2.45, 2.75) is 37.8 Å². The summed E-state index contributed by atoms with van der Waals surface area (Å²) in [6.45, 7) is 4.06. The van der Waals surface area contributed by atoms with E-state index >= 15 is 0 Å². The molecule has 2 fully saturated rings. The summed E-state index contributed by atoms with van der Waals surface area (Å²) in [5.41, 5.74) is 0.144. The number of ether oxygens (including phenoxy) is 1. The second kappa shape index (κ2) is 6.57. The van der Waals surface area contributed by atoms with Crippen LogP contribution in [0.1, 0.15) is 37.1 Å². The topological polar surface area (TPSA) is 21.3 Å². The normalized spacial score (nSPS) is 31.8. The standard InChI is InChI=1S/C15H22ClNOS2/c1-2-17-13(14-12(16)4-7-20-14)11-3-6-18-15(9-11)5-8-19-10-15/h4,7,11,13,17H,2-3,5-6,8-10H2,1H3. The minimum absolute atomic E-state index is 0.144. The van der Waals surface area contributed by atoms with E-state index in [0.29, 0.717) is 12.0 Å². The molecule has 3 unspecified atom stereocenters. The first-order chi connectivity index (χ1) is 9.74. The highest BCUT2D eigenvalue weighted by molar-refractivity contribution is 7.99. The van der Waals surface area contributed by atoms with E-state index in [4.69, 9.17) is 16.3 Å². The number of rotatable bonds is 4. The van der Waals surface area contributed by atoms with Crippen molar-refractivity contribution >= 4 is 34.7 Å². The van der Waals surface area contributed by atoms with E-state index < -0.39 is 0 Å². The molecule has 2 aliphatic heterocycles. The van der Waals surface area contributed by atoms with Crippen LogP contribution in [0.3, 0.4) is 0 Å². The van der Waals surface area contributed by atoms with E-state index in [9.17, 15) is 0 Å². The molecular weight excluding hydrogens is 310 g/mol. The molecule has 3 heterocycles. The van der Waals surface area contributed by atoms with Gasteiger partial charge in [0, 0.05) is 23.3 Å². The number of hydrogen-bond acceptors (Lipinski definition) is 4. The van der Waals surface area contributed by atoms with Crippen LogP contribution in [0.5, 0.6) is 0 Å². The van der Waals surface area contributed by atoms with E-state index in [1.807, 2.05) is 17.8 Å². The van der Waals surface area contributed by atoms with E-state index in [1.165, 1.54) is 29.2 Å². The minimum Gasteiger partial charge on any atom is -0.374 e. The molecule has 2 nitrogen and oxygen atoms in total. The number of thiophene rings is 1. The second-order valence-electron chi connectivity index (χ2n) is 5.76. The molecule has 1 spiro atoms. The van der Waals surface area contributed by atoms with Crippen molar-refractivity contribution in [2.24, 2.45) is 5.92 Å². The maximum absolute atomic E-state index is 6.38. The largest absolute Gasteiger partial charge is 0.374 e. The Morgan fingerprint density at radius 1 is 1.60 bits per heavy atom. The van der Waals surface area contributed by atoms with E-state index in [-0.39, 0.29) is 5.60 Å². The van der Waals surface area contributed by atoms with Gasteiger partial charge in [0.2, 0.25) is 0 Å². The summed E-state index contributed by atoms with van der Waals surface area (Å²) >= 11 is 10.2. The van der Waals surface area contributed by atoms with Crippen molar-refractivity contribution < 1.29 is 4.74 Å². The van der Waals surface area contributed by atoms with Crippen LogP contribution in [-0.4, -0.2) is 30.3 Å². The fourth-order valence-corrected chi connectivity index (χ4v) is 6.16. The lowest BCUT2D eigenvalue weighted by atomic mass is 9.80. The average Bonchev–Trinajstić information content (AvgIpc) is 3.06. The minimum atomic E-state index is 0.144. The molecular formula is C15H22ClNOS2. The summed E-state index contributed by atoms with van der Waals surface area (Å²) in [6.07, 6.45) is 3.52. The SMILES string of the molecule is CCNC(c1sccc1Cl)C1CCOC2(CCSC2)C1. The Morgan fingerprint density at radius 2 is 2.50 bits per heavy atom. The molecule has 5 heteroatoms. The second-order valence-corrected chi connectivity index (χ2v) is 8.22. The van der Waals surface area contributed by atoms with Crippen LogP contribution in [0, 0.1) is 5.92 Å². The third kappa shape index (κ3) is 3.05. The summed E-state index contributed by atoms with van der Waals surface area (Å²) in [7, 11) is 0. The predicted octanol–water partition coefficient (Wildman–Crippen LogP) is 4.35. The van der Waals surface area contributed by atoms with Gasteiger partial charge in [0.05, 0.1) is 10.6 Å². The molecule has 3 rings (SSSR count). The molecule has 0 aromatic carbocycles. The molecule has 0 radical (unpaired) electrons. The summed E-state index contributed by atoms with van der Waals surface area (Å²) < 4.78 is 6.15. The third-order valence-corrected chi connectivity index (χ3v) is 7.09. The van der Waals surface area contributed by atoms with E-state index in [1.54, 1.807) is 11.3 Å². The first-order valence-corrected chi connectivity index (χ1v) is 9.83. The molecule has 0 bridgehead atoms. The monoisotopic (exact) mass is 331 g/mol. The molecule has 1 N–H and O–H groups in total. The van der Waals surface area contributed by atoms with Crippen molar-refractivity contribution in [3.63, 3.8) is 0 Å². The Labute approximate surface area is 134 Å². The Hall–Kier alpha value is 0.260. The quantitative estimate of drug-likeness (QED) is 0.886. The predicted molar refractivity (Wildman–Crippen MR) is 89.1 cm³/mol. The highest BCUT2D eigenvalue weighted by Crippen LogP contribution is 2.45. The van der Waals surface area contributed by atoms with Gasteiger partial charge in [-0.1, -0.05) is 18.5 Å². The zero-order valence-electron chi connectivity index (χ0n) is 11.9. The maximum atomic E-state index is 6.38. The smallest absolute Gasteiger partial charge is 0.0783 e. The van der Waals surface area contributed by atoms with Crippen LogP contribution < -0.4 is 5.32 Å². The van der Waals surface area contributed by atoms with Gasteiger partial charge in [0.1, 0.15) is 0 Å². The van der Waals surface area contributed by atoms with Crippen LogP contribution in [-0.2, 0) is 4.74 Å². The number of hydrogen-bond donors (Lipinski definition) is 1. The number of thioether (sulfide) groups is 1. The van der Waals surface area contributed by atoms with Crippen LogP contribution in [0.15, 0.2) is 11.4 Å². The first kappa shape index (κ1) is 15.2. The van der Waals surface area contributed by atoms with Gasteiger partial charge in [-0.25, -0.2) is 0 Å². The highest BCUT2D eigenvalue weighted by atomic mass is 35.5. The molecule has 20 heavy (non-hydrogen) atoms. The van der Waals surface area contributed by atoms with Gasteiger partial charge in [0.25, 0.3) is 0 Å². The summed E-state index contributed by atoms with van der Waals surface area (Å²) in [6, 6.07) is 2.41. The molecule has 2 saturated heterocycles. The lowest BCUT2D eigenvalue weighted by Gasteiger charge is -2.41. The van der Waals surface area contributed by atoms with Gasteiger partial charge >= 0.3 is 0 Å². The molecule has 3 atom stereocenters. The van der Waals surface area contributed by atoms with E-state index in [2.05, 4.69) is 17.6 Å². The first-order valence-electron chi connectivity index (χ1n) is 7.42. The van der Waals surface area contributed by atoms with Crippen LogP contribution in [0.4, 0.5) is 0 Å². The fraction of sp³-hybridized carbons (Fsp3) is 0.733. The van der Waals surface area contributed by atoms with E-state index in [0.717, 1.165) is 24.6 Å². The Morgan fingerprint density at radius 3 is 3.15 bits per heavy atom. The number of nitrogens with one attached hydrogen (secondary N) is 1. The van der Waals surface area contributed by atoms with Crippen LogP contribution >= 0.6 is 34.7 Å². The van der Waals surface area contributed by atoms with Gasteiger partial charge in [0.15, 0.2) is 0 Å². The Bertz CT molecular complexity index is 445. The van der Waals surface area contributed by atoms with Crippen molar-refractivity contribution in [1.29, 1.82) is 0 Å². The van der Waals surface area contributed by atoms with Crippen molar-refractivity contribution in [3.05, 3.63) is 21.3 Å². The van der Waals surface area contributed by atoms with Gasteiger partial charge in [-0.05, 0) is 48.9 Å². The molecule has 112 valence electrons. The van der Waals surface area contributed by atoms with Crippen LogP contribution in [0.2, 0.25) is 5.02 Å². The summed E-state index contributed by atoms with van der Waals surface area (Å²) in [5, 5.41) is 6.68. The van der Waals surface area contributed by atoms with Gasteiger partial charge < -0.3 is 10.1 Å². The van der Waals surface area contributed by atoms with Crippen molar-refractivity contribution in [3.8, 4) is 0 Å². The summed E-state index contributed by atoms with van der Waals surface area (Å²) in [5.74, 6) is 3.05. The van der Waals surface area contributed by atoms with Crippen molar-refractivity contribution in [1.82, 2.24) is 5.32 Å². The highest BCUT2D eigenvalue weighted by Gasteiger charge is 2.43. The molecule has 2 aliphatic rings. The lowest BCUT2D eigenvalue weighted by molar-refractivity contribution is -0.0851. The Kier molecular flexibility index (Phi) is 4.98. The van der Waals surface area contributed by atoms with Crippen molar-refractivity contribution in [2.75, 3.05) is 24.7 Å². The van der Waals surface area contributed by atoms with Gasteiger partial charge in [-0.15, -0.1) is 11.3 Å². The molecule has 0 aliphatic carbocycles. The maximum Gasteiger partial charge on any atom is 0.0783 e. The van der Waals surface area contributed by atoms with Gasteiger partial charge in [-0.3, -0.25) is 0 Å². The number of halogens is 1. The molecule has 0 amide bonds. The molecule has 0 saturated carbocycles. The Balaban J connectivity index is 1.79. The molecule has 1 aromatic rings. The third-order valence-electron chi connectivity index (χ3n) is 4.42. The lowest BCUT2D eigenvalue weighted by Crippen LogP contribution is -2.43.